The molecule has 21 heavy (non-hydrogen) atoms. The molecule has 0 heterocycles. The molecule has 0 N–H and O–H groups in total. The molecule has 2 aromatic carbocycles. The Hall–Kier alpha value is -2.20. The molecule has 0 unspecified atom stereocenters. The van der Waals surface area contributed by atoms with Crippen LogP contribution in [0.5, 0.6) is 11.5 Å². The zero-order valence-corrected chi connectivity index (χ0v) is 12.3. The van der Waals surface area contributed by atoms with Crippen LogP contribution in [0.25, 0.3) is 0 Å². The van der Waals surface area contributed by atoms with E-state index in [-0.39, 0.29) is 6.07 Å². The molecule has 0 spiro atoms. The molecule has 110 valence electrons. The quantitative estimate of drug-likeness (QED) is 0.604. The van der Waals surface area contributed by atoms with Crippen LogP contribution < -0.4 is 9.47 Å². The summed E-state index contributed by atoms with van der Waals surface area (Å²) in [4.78, 5) is 11.4. The predicted octanol–water partition coefficient (Wildman–Crippen LogP) is 3.63. The molecule has 0 fully saturated rings. The second-order valence-electron chi connectivity index (χ2n) is 4.20. The van der Waals surface area contributed by atoms with Crippen molar-refractivity contribution < 1.29 is 19.0 Å². The van der Waals surface area contributed by atoms with E-state index in [0.717, 1.165) is 11.3 Å². The molecule has 0 aliphatic rings. The van der Waals surface area contributed by atoms with Gasteiger partial charge in [-0.1, -0.05) is 23.7 Å². The molecule has 0 radical (unpaired) electrons. The number of methoxy groups -OCH3 is 1. The number of ether oxygens (including phenoxy) is 3. The van der Waals surface area contributed by atoms with E-state index in [0.29, 0.717) is 17.9 Å². The molecule has 0 amide bonds. The molecule has 2 aromatic rings. The van der Waals surface area contributed by atoms with Crippen LogP contribution in [-0.2, 0) is 11.3 Å². The molecule has 0 saturated heterocycles. The average Bonchev–Trinajstić information content (AvgIpc) is 2.54. The lowest BCUT2D eigenvalue weighted by molar-refractivity contribution is 0.0574. The maximum Gasteiger partial charge on any atom is 0.339 e. The molecule has 4 nitrogen and oxygen atoms in total. The van der Waals surface area contributed by atoms with Gasteiger partial charge in [-0.2, -0.15) is 0 Å². The van der Waals surface area contributed by atoms with E-state index >= 15 is 0 Å². The molecule has 5 heteroatoms. The van der Waals surface area contributed by atoms with Crippen molar-refractivity contribution in [2.75, 3.05) is 13.2 Å². The van der Waals surface area contributed by atoms with Crippen molar-refractivity contribution in [1.29, 1.82) is 0 Å². The van der Waals surface area contributed by atoms with Gasteiger partial charge in [0.05, 0.1) is 12.7 Å². The number of rotatable bonds is 6. The van der Waals surface area contributed by atoms with Crippen LogP contribution in [0.15, 0.2) is 48.5 Å². The van der Waals surface area contributed by atoms with E-state index in [1.165, 1.54) is 0 Å². The molecule has 0 aliphatic carbocycles. The van der Waals surface area contributed by atoms with Gasteiger partial charge in [0.1, 0.15) is 18.1 Å². The summed E-state index contributed by atoms with van der Waals surface area (Å²) in [6.45, 7) is 0.440. The zero-order valence-electron chi connectivity index (χ0n) is 11.5. The van der Waals surface area contributed by atoms with Crippen molar-refractivity contribution in [2.45, 2.75) is 6.61 Å². The van der Waals surface area contributed by atoms with Crippen molar-refractivity contribution in [2.24, 2.45) is 0 Å². The third-order valence-electron chi connectivity index (χ3n) is 2.84. The highest BCUT2D eigenvalue weighted by atomic mass is 35.5. The summed E-state index contributed by atoms with van der Waals surface area (Å²) >= 11 is 5.34. The minimum absolute atomic E-state index is 0.158. The van der Waals surface area contributed by atoms with Crippen molar-refractivity contribution >= 4 is 17.6 Å². The summed E-state index contributed by atoms with van der Waals surface area (Å²) in [5.74, 6) is 1.03. The van der Waals surface area contributed by atoms with Gasteiger partial charge < -0.3 is 14.2 Å². The highest BCUT2D eigenvalue weighted by Crippen LogP contribution is 2.16. The number of alkyl halides is 1. The normalized spacial score (nSPS) is 10.0. The number of esters is 1. The van der Waals surface area contributed by atoms with Gasteiger partial charge in [0.15, 0.2) is 6.07 Å². The highest BCUT2D eigenvalue weighted by Gasteiger charge is 2.06. The van der Waals surface area contributed by atoms with E-state index in [1.807, 2.05) is 24.3 Å². The predicted molar refractivity (Wildman–Crippen MR) is 79.9 cm³/mol. The van der Waals surface area contributed by atoms with Crippen LogP contribution in [0, 0.1) is 0 Å². The molecule has 0 aromatic heterocycles. The summed E-state index contributed by atoms with van der Waals surface area (Å²) < 4.78 is 15.4. The van der Waals surface area contributed by atoms with Gasteiger partial charge in [0.25, 0.3) is 0 Å². The zero-order chi connectivity index (χ0) is 15.1. The van der Waals surface area contributed by atoms with Gasteiger partial charge in [0, 0.05) is 0 Å². The summed E-state index contributed by atoms with van der Waals surface area (Å²) in [7, 11) is 1.63. The molecular formula is C16H15ClO4. The minimum Gasteiger partial charge on any atom is -0.497 e. The van der Waals surface area contributed by atoms with Crippen LogP contribution in [0.1, 0.15) is 15.9 Å². The van der Waals surface area contributed by atoms with Crippen LogP contribution in [0.2, 0.25) is 0 Å². The average molecular weight is 307 g/mol. The fraction of sp³-hybridized carbons (Fsp3) is 0.188. The molecule has 2 rings (SSSR count). The summed E-state index contributed by atoms with van der Waals surface area (Å²) in [6, 6.07) is 14.2. The number of hydrogen-bond acceptors (Lipinski definition) is 4. The smallest absolute Gasteiger partial charge is 0.339 e. The van der Waals surface area contributed by atoms with Crippen LogP contribution >= 0.6 is 11.6 Å². The van der Waals surface area contributed by atoms with Gasteiger partial charge in [-0.05, 0) is 42.0 Å². The first kappa shape index (κ1) is 15.2. The number of carbonyl (C=O) groups excluding carboxylic acids is 1. The second kappa shape index (κ2) is 7.55. The molecule has 0 bridgehead atoms. The number of hydrogen-bond donors (Lipinski definition) is 0. The molecular weight excluding hydrogens is 292 g/mol. The van der Waals surface area contributed by atoms with Gasteiger partial charge in [0.2, 0.25) is 0 Å². The second-order valence-corrected chi connectivity index (χ2v) is 4.42. The Morgan fingerprint density at radius 3 is 2.19 bits per heavy atom. The molecule has 0 atom stereocenters. The lowest BCUT2D eigenvalue weighted by atomic mass is 10.2. The fourth-order valence-electron chi connectivity index (χ4n) is 1.71. The molecule has 0 aliphatic heterocycles. The van der Waals surface area contributed by atoms with Gasteiger partial charge in [-0.15, -0.1) is 0 Å². The first-order valence-electron chi connectivity index (χ1n) is 6.32. The Morgan fingerprint density at radius 1 is 1.00 bits per heavy atom. The van der Waals surface area contributed by atoms with Crippen LogP contribution in [-0.4, -0.2) is 19.1 Å². The number of carbonyl (C=O) groups is 1. The maximum absolute atomic E-state index is 11.4. The van der Waals surface area contributed by atoms with Crippen LogP contribution in [0.3, 0.4) is 0 Å². The third kappa shape index (κ3) is 4.39. The first-order chi connectivity index (χ1) is 10.2. The van der Waals surface area contributed by atoms with Crippen molar-refractivity contribution in [3.63, 3.8) is 0 Å². The molecule has 0 saturated carbocycles. The van der Waals surface area contributed by atoms with Gasteiger partial charge in [-0.25, -0.2) is 4.79 Å². The lowest BCUT2D eigenvalue weighted by Crippen LogP contribution is -2.03. The number of halogens is 1. The van der Waals surface area contributed by atoms with E-state index in [1.54, 1.807) is 31.4 Å². The number of benzene rings is 2. The minimum atomic E-state index is -0.452. The van der Waals surface area contributed by atoms with E-state index in [4.69, 9.17) is 25.8 Å². The first-order valence-corrected chi connectivity index (χ1v) is 6.85. The SMILES string of the molecule is COc1ccc(COc2ccc(C(=O)OCCl)cc2)cc1. The highest BCUT2D eigenvalue weighted by molar-refractivity contribution is 6.17. The van der Waals surface area contributed by atoms with Gasteiger partial charge >= 0.3 is 5.97 Å². The Bertz CT molecular complexity index is 578. The van der Waals surface area contributed by atoms with E-state index < -0.39 is 5.97 Å². The fourth-order valence-corrected chi connectivity index (χ4v) is 1.81. The Morgan fingerprint density at radius 2 is 1.62 bits per heavy atom. The third-order valence-corrected chi connectivity index (χ3v) is 2.95. The Kier molecular flexibility index (Phi) is 5.46. The van der Waals surface area contributed by atoms with Crippen molar-refractivity contribution in [3.8, 4) is 11.5 Å². The van der Waals surface area contributed by atoms with Crippen molar-refractivity contribution in [1.82, 2.24) is 0 Å². The lowest BCUT2D eigenvalue weighted by Gasteiger charge is -2.08. The summed E-state index contributed by atoms with van der Waals surface area (Å²) in [6.07, 6.45) is 0. The summed E-state index contributed by atoms with van der Waals surface area (Å²) in [5.41, 5.74) is 1.47. The van der Waals surface area contributed by atoms with Crippen molar-refractivity contribution in [3.05, 3.63) is 59.7 Å². The van der Waals surface area contributed by atoms with Gasteiger partial charge in [-0.3, -0.25) is 0 Å². The largest absolute Gasteiger partial charge is 0.497 e. The maximum atomic E-state index is 11.4. The topological polar surface area (TPSA) is 44.8 Å². The van der Waals surface area contributed by atoms with Crippen LogP contribution in [0.4, 0.5) is 0 Å². The van der Waals surface area contributed by atoms with E-state index in [9.17, 15) is 4.79 Å². The standard InChI is InChI=1S/C16H15ClO4/c1-19-14-6-2-12(3-7-14)10-20-15-8-4-13(5-9-15)16(18)21-11-17/h2-9H,10-11H2,1H3. The Labute approximate surface area is 128 Å². The monoisotopic (exact) mass is 306 g/mol. The Balaban J connectivity index is 1.92. The summed E-state index contributed by atoms with van der Waals surface area (Å²) in [5, 5.41) is 0. The van der Waals surface area contributed by atoms with E-state index in [2.05, 4.69) is 0 Å².